The Kier molecular flexibility index (Phi) is 5.98. The predicted octanol–water partition coefficient (Wildman–Crippen LogP) is 4.45. The summed E-state index contributed by atoms with van der Waals surface area (Å²) in [6, 6.07) is 11.0. The monoisotopic (exact) mass is 444 g/mol. The van der Waals surface area contributed by atoms with Gasteiger partial charge < -0.3 is 28.8 Å². The molecule has 4 rings (SSSR count). The van der Waals surface area contributed by atoms with Crippen LogP contribution < -0.4 is 14.2 Å². The van der Waals surface area contributed by atoms with Crippen molar-refractivity contribution in [2.75, 3.05) is 34.5 Å². The summed E-state index contributed by atoms with van der Waals surface area (Å²) < 4.78 is 22.4. The molecule has 2 aromatic carbocycles. The lowest BCUT2D eigenvalue weighted by molar-refractivity contribution is -0.0487. The number of rotatable bonds is 5. The molecule has 2 heterocycles. The quantitative estimate of drug-likeness (QED) is 0.629. The standard InChI is InChI=1S/C23H25ClN2O5/c1-13-12-31-20(14-7-5-6-8-16(14)24)11-26(13)23(27)17-9-15-18(28-2)10-19(29-3)22(30-4)21(15)25-17/h5-10,13,20,25H,11-12H2,1-4H3/t13-,20-/m0/s1. The third kappa shape index (κ3) is 3.79. The van der Waals surface area contributed by atoms with Crippen molar-refractivity contribution in [3.8, 4) is 17.2 Å². The van der Waals surface area contributed by atoms with Crippen molar-refractivity contribution in [1.29, 1.82) is 0 Å². The van der Waals surface area contributed by atoms with E-state index in [1.807, 2.05) is 31.2 Å². The summed E-state index contributed by atoms with van der Waals surface area (Å²) in [5.41, 5.74) is 1.95. The van der Waals surface area contributed by atoms with Crippen molar-refractivity contribution < 1.29 is 23.7 Å². The number of nitrogens with zero attached hydrogens (tertiary/aromatic N) is 1. The van der Waals surface area contributed by atoms with E-state index in [1.165, 1.54) is 0 Å². The number of fused-ring (bicyclic) bond motifs is 1. The highest BCUT2D eigenvalue weighted by Gasteiger charge is 2.33. The van der Waals surface area contributed by atoms with Crippen molar-refractivity contribution >= 4 is 28.4 Å². The molecule has 0 bridgehead atoms. The van der Waals surface area contributed by atoms with Gasteiger partial charge in [-0.2, -0.15) is 0 Å². The van der Waals surface area contributed by atoms with E-state index in [1.54, 1.807) is 38.4 Å². The molecular formula is C23H25ClN2O5. The van der Waals surface area contributed by atoms with Gasteiger partial charge in [-0.25, -0.2) is 0 Å². The number of amides is 1. The van der Waals surface area contributed by atoms with Crippen LogP contribution in [0.2, 0.25) is 5.02 Å². The summed E-state index contributed by atoms with van der Waals surface area (Å²) in [4.78, 5) is 18.5. The lowest BCUT2D eigenvalue weighted by Crippen LogP contribution is -2.48. The molecule has 0 saturated carbocycles. The normalized spacial score (nSPS) is 18.8. The van der Waals surface area contributed by atoms with E-state index >= 15 is 0 Å². The third-order valence-electron chi connectivity index (χ3n) is 5.62. The molecule has 2 atom stereocenters. The first-order valence-corrected chi connectivity index (χ1v) is 10.3. The number of nitrogens with one attached hydrogen (secondary N) is 1. The number of ether oxygens (including phenoxy) is 4. The van der Waals surface area contributed by atoms with Crippen LogP contribution >= 0.6 is 11.6 Å². The van der Waals surface area contributed by atoms with Gasteiger partial charge in [-0.15, -0.1) is 0 Å². The van der Waals surface area contributed by atoms with Crippen molar-refractivity contribution in [3.63, 3.8) is 0 Å². The lowest BCUT2D eigenvalue weighted by atomic mass is 10.1. The van der Waals surface area contributed by atoms with Crippen LogP contribution in [0.3, 0.4) is 0 Å². The fourth-order valence-electron chi connectivity index (χ4n) is 3.97. The fourth-order valence-corrected chi connectivity index (χ4v) is 4.23. The Morgan fingerprint density at radius 3 is 2.55 bits per heavy atom. The highest BCUT2D eigenvalue weighted by atomic mass is 35.5. The maximum absolute atomic E-state index is 13.5. The van der Waals surface area contributed by atoms with Crippen molar-refractivity contribution in [3.05, 3.63) is 52.7 Å². The minimum Gasteiger partial charge on any atom is -0.496 e. The van der Waals surface area contributed by atoms with E-state index in [2.05, 4.69) is 4.98 Å². The number of methoxy groups -OCH3 is 3. The van der Waals surface area contributed by atoms with Gasteiger partial charge in [0, 0.05) is 22.0 Å². The van der Waals surface area contributed by atoms with Crippen LogP contribution in [0, 0.1) is 0 Å². The Bertz CT molecular complexity index is 1110. The van der Waals surface area contributed by atoms with E-state index in [-0.39, 0.29) is 18.1 Å². The van der Waals surface area contributed by atoms with Crippen LogP contribution in [0.5, 0.6) is 17.2 Å². The molecule has 164 valence electrons. The van der Waals surface area contributed by atoms with Gasteiger partial charge in [0.2, 0.25) is 0 Å². The second-order valence-corrected chi connectivity index (χ2v) is 7.84. The second-order valence-electron chi connectivity index (χ2n) is 7.44. The van der Waals surface area contributed by atoms with Crippen LogP contribution in [-0.4, -0.2) is 56.3 Å². The number of carbonyl (C=O) groups is 1. The smallest absolute Gasteiger partial charge is 0.270 e. The number of H-pyrrole nitrogens is 1. The molecule has 0 aliphatic carbocycles. The molecular weight excluding hydrogens is 420 g/mol. The van der Waals surface area contributed by atoms with Crippen LogP contribution in [0.25, 0.3) is 10.9 Å². The zero-order valence-electron chi connectivity index (χ0n) is 17.9. The van der Waals surface area contributed by atoms with Gasteiger partial charge >= 0.3 is 0 Å². The maximum atomic E-state index is 13.5. The molecule has 1 aliphatic heterocycles. The van der Waals surface area contributed by atoms with Crippen LogP contribution in [0.1, 0.15) is 29.1 Å². The first-order valence-electron chi connectivity index (χ1n) is 9.97. The topological polar surface area (TPSA) is 73.0 Å². The van der Waals surface area contributed by atoms with Crippen LogP contribution in [0.15, 0.2) is 36.4 Å². The van der Waals surface area contributed by atoms with Gasteiger partial charge in [0.15, 0.2) is 11.5 Å². The number of aromatic amines is 1. The zero-order valence-corrected chi connectivity index (χ0v) is 18.7. The molecule has 1 amide bonds. The van der Waals surface area contributed by atoms with Crippen LogP contribution in [-0.2, 0) is 4.74 Å². The summed E-state index contributed by atoms with van der Waals surface area (Å²) in [6.07, 6.45) is -0.289. The van der Waals surface area contributed by atoms with E-state index in [4.69, 9.17) is 30.5 Å². The Balaban J connectivity index is 1.70. The number of halogens is 1. The summed E-state index contributed by atoms with van der Waals surface area (Å²) >= 11 is 6.36. The van der Waals surface area contributed by atoms with E-state index in [0.29, 0.717) is 46.6 Å². The summed E-state index contributed by atoms with van der Waals surface area (Å²) in [6.45, 7) is 2.78. The number of carbonyl (C=O) groups excluding carboxylic acids is 1. The average molecular weight is 445 g/mol. The van der Waals surface area contributed by atoms with Gasteiger partial charge in [-0.1, -0.05) is 29.8 Å². The lowest BCUT2D eigenvalue weighted by Gasteiger charge is -2.38. The largest absolute Gasteiger partial charge is 0.496 e. The Morgan fingerprint density at radius 1 is 1.13 bits per heavy atom. The van der Waals surface area contributed by atoms with E-state index in [0.717, 1.165) is 10.9 Å². The van der Waals surface area contributed by atoms with Crippen LogP contribution in [0.4, 0.5) is 0 Å². The first-order chi connectivity index (χ1) is 15.0. The molecule has 1 aliphatic rings. The highest BCUT2D eigenvalue weighted by Crippen LogP contribution is 2.41. The Labute approximate surface area is 185 Å². The highest BCUT2D eigenvalue weighted by molar-refractivity contribution is 6.31. The Morgan fingerprint density at radius 2 is 1.87 bits per heavy atom. The number of hydrogen-bond donors (Lipinski definition) is 1. The number of morpholine rings is 1. The Hall–Kier alpha value is -2.90. The van der Waals surface area contributed by atoms with E-state index in [9.17, 15) is 4.79 Å². The minimum atomic E-state index is -0.289. The van der Waals surface area contributed by atoms with Crippen molar-refractivity contribution in [2.24, 2.45) is 0 Å². The fraction of sp³-hybridized carbons (Fsp3) is 0.348. The molecule has 0 unspecified atom stereocenters. The molecule has 7 nitrogen and oxygen atoms in total. The number of benzene rings is 2. The van der Waals surface area contributed by atoms with E-state index < -0.39 is 0 Å². The summed E-state index contributed by atoms with van der Waals surface area (Å²) in [7, 11) is 4.69. The van der Waals surface area contributed by atoms with Crippen molar-refractivity contribution in [1.82, 2.24) is 9.88 Å². The third-order valence-corrected chi connectivity index (χ3v) is 5.96. The van der Waals surface area contributed by atoms with Gasteiger partial charge in [0.25, 0.3) is 5.91 Å². The molecule has 31 heavy (non-hydrogen) atoms. The molecule has 1 N–H and O–H groups in total. The minimum absolute atomic E-state index is 0.0871. The van der Waals surface area contributed by atoms with Gasteiger partial charge in [0.1, 0.15) is 17.5 Å². The molecule has 1 aromatic heterocycles. The molecule has 3 aromatic rings. The molecule has 1 fully saturated rings. The van der Waals surface area contributed by atoms with Gasteiger partial charge in [-0.05, 0) is 19.1 Å². The first kappa shape index (κ1) is 21.3. The molecule has 8 heteroatoms. The SMILES string of the molecule is COc1cc(OC)c2cc(C(=O)N3C[C@@H](c4ccccc4Cl)OC[C@@H]3C)[nH]c2c1OC. The maximum Gasteiger partial charge on any atom is 0.270 e. The molecule has 0 spiro atoms. The van der Waals surface area contributed by atoms with Gasteiger partial charge in [0.05, 0.1) is 46.0 Å². The average Bonchev–Trinajstić information content (AvgIpc) is 3.23. The molecule has 1 saturated heterocycles. The predicted molar refractivity (Wildman–Crippen MR) is 119 cm³/mol. The summed E-state index contributed by atoms with van der Waals surface area (Å²) in [5.74, 6) is 1.49. The molecule has 0 radical (unpaired) electrons. The van der Waals surface area contributed by atoms with Gasteiger partial charge in [-0.3, -0.25) is 4.79 Å². The van der Waals surface area contributed by atoms with Crippen molar-refractivity contribution in [2.45, 2.75) is 19.1 Å². The number of hydrogen-bond acceptors (Lipinski definition) is 5. The zero-order chi connectivity index (χ0) is 22.1. The number of aromatic nitrogens is 1. The second kappa shape index (κ2) is 8.69. The summed E-state index contributed by atoms with van der Waals surface area (Å²) in [5, 5.41) is 1.37.